The maximum Gasteiger partial charge on any atom is 0.258 e. The Kier molecular flexibility index (Phi) is 5.82. The molecule has 29 heavy (non-hydrogen) atoms. The molecule has 5 nitrogen and oxygen atoms in total. The molecule has 0 bridgehead atoms. The maximum atomic E-state index is 13.7. The summed E-state index contributed by atoms with van der Waals surface area (Å²) in [5, 5.41) is 4.69. The van der Waals surface area contributed by atoms with Crippen molar-refractivity contribution in [3.05, 3.63) is 76.1 Å². The highest BCUT2D eigenvalue weighted by molar-refractivity contribution is 7.09. The molecule has 8 heteroatoms. The Balaban J connectivity index is 1.33. The fraction of sp³-hybridized carbons (Fsp3) is 0.238. The second-order valence-electron chi connectivity index (χ2n) is 6.83. The molecule has 1 aliphatic heterocycles. The number of hydrogen-bond donors (Lipinski definition) is 1. The summed E-state index contributed by atoms with van der Waals surface area (Å²) in [6, 6.07) is 10.7. The number of pyridine rings is 1. The van der Waals surface area contributed by atoms with Crippen molar-refractivity contribution >= 4 is 28.7 Å². The Morgan fingerprint density at radius 2 is 1.93 bits per heavy atom. The predicted molar refractivity (Wildman–Crippen MR) is 110 cm³/mol. The van der Waals surface area contributed by atoms with Crippen molar-refractivity contribution in [1.82, 2.24) is 9.88 Å². The molecule has 4 rings (SSSR count). The van der Waals surface area contributed by atoms with E-state index in [1.807, 2.05) is 6.07 Å². The number of rotatable bonds is 5. The summed E-state index contributed by atoms with van der Waals surface area (Å²) in [6.07, 6.45) is 1.55. The average molecular weight is 414 g/mol. The van der Waals surface area contributed by atoms with Gasteiger partial charge >= 0.3 is 0 Å². The quantitative estimate of drug-likeness (QED) is 0.686. The van der Waals surface area contributed by atoms with E-state index in [4.69, 9.17) is 0 Å². The van der Waals surface area contributed by atoms with Gasteiger partial charge in [-0.15, -0.1) is 11.3 Å². The molecule has 1 fully saturated rings. The number of nitrogens with one attached hydrogen (secondary N) is 1. The van der Waals surface area contributed by atoms with Crippen LogP contribution in [0.2, 0.25) is 0 Å². The van der Waals surface area contributed by atoms with E-state index in [2.05, 4.69) is 37.6 Å². The van der Waals surface area contributed by atoms with Gasteiger partial charge in [0.05, 0.1) is 17.4 Å². The summed E-state index contributed by atoms with van der Waals surface area (Å²) >= 11 is 1.78. The van der Waals surface area contributed by atoms with Crippen molar-refractivity contribution in [2.75, 3.05) is 36.4 Å². The first-order valence-electron chi connectivity index (χ1n) is 9.30. The topological polar surface area (TPSA) is 48.5 Å². The molecule has 2 aromatic heterocycles. The predicted octanol–water partition coefficient (Wildman–Crippen LogP) is 4.00. The summed E-state index contributed by atoms with van der Waals surface area (Å²) in [6.45, 7) is 4.66. The summed E-state index contributed by atoms with van der Waals surface area (Å²) < 4.78 is 26.7. The lowest BCUT2D eigenvalue weighted by Gasteiger charge is -2.35. The van der Waals surface area contributed by atoms with Gasteiger partial charge in [0.25, 0.3) is 5.91 Å². The van der Waals surface area contributed by atoms with Gasteiger partial charge in [0.15, 0.2) is 0 Å². The number of carbonyl (C=O) groups is 1. The van der Waals surface area contributed by atoms with Crippen molar-refractivity contribution < 1.29 is 13.6 Å². The van der Waals surface area contributed by atoms with Crippen LogP contribution in [-0.4, -0.2) is 42.0 Å². The van der Waals surface area contributed by atoms with Gasteiger partial charge in [-0.2, -0.15) is 0 Å². The summed E-state index contributed by atoms with van der Waals surface area (Å²) in [4.78, 5) is 22.6. The van der Waals surface area contributed by atoms with Crippen molar-refractivity contribution in [3.8, 4) is 0 Å². The molecule has 0 aliphatic carbocycles. The minimum Gasteiger partial charge on any atom is -0.354 e. The lowest BCUT2D eigenvalue weighted by atomic mass is 10.2. The van der Waals surface area contributed by atoms with E-state index in [0.717, 1.165) is 50.7 Å². The van der Waals surface area contributed by atoms with Crippen LogP contribution in [0.15, 0.2) is 54.0 Å². The minimum atomic E-state index is -0.896. The van der Waals surface area contributed by atoms with Gasteiger partial charge in [-0.1, -0.05) is 6.07 Å². The molecule has 3 aromatic rings. The molecule has 0 atom stereocenters. The zero-order valence-corrected chi connectivity index (χ0v) is 16.5. The lowest BCUT2D eigenvalue weighted by molar-refractivity contribution is 0.102. The molecule has 1 aromatic carbocycles. The average Bonchev–Trinajstić information content (AvgIpc) is 3.22. The van der Waals surface area contributed by atoms with Crippen molar-refractivity contribution in [3.63, 3.8) is 0 Å². The molecule has 3 heterocycles. The van der Waals surface area contributed by atoms with Crippen molar-refractivity contribution in [2.45, 2.75) is 6.54 Å². The van der Waals surface area contributed by atoms with Crippen LogP contribution in [0.25, 0.3) is 0 Å². The summed E-state index contributed by atoms with van der Waals surface area (Å²) in [7, 11) is 0. The van der Waals surface area contributed by atoms with Crippen molar-refractivity contribution in [1.29, 1.82) is 0 Å². The molecule has 0 spiro atoms. The van der Waals surface area contributed by atoms with E-state index in [-0.39, 0.29) is 5.56 Å². The van der Waals surface area contributed by atoms with Crippen LogP contribution in [-0.2, 0) is 6.54 Å². The van der Waals surface area contributed by atoms with Crippen LogP contribution in [0.5, 0.6) is 0 Å². The smallest absolute Gasteiger partial charge is 0.258 e. The highest BCUT2D eigenvalue weighted by Gasteiger charge is 2.19. The Bertz CT molecular complexity index is 971. The molecule has 150 valence electrons. The Morgan fingerprint density at radius 1 is 1.10 bits per heavy atom. The Morgan fingerprint density at radius 3 is 2.59 bits per heavy atom. The summed E-state index contributed by atoms with van der Waals surface area (Å²) in [5.74, 6) is -1.42. The number of piperazine rings is 1. The van der Waals surface area contributed by atoms with Gasteiger partial charge in [-0.25, -0.2) is 13.8 Å². The Hall–Kier alpha value is -2.84. The number of amides is 1. The molecular formula is C21H20F2N4OS. The van der Waals surface area contributed by atoms with Crippen LogP contribution in [0, 0.1) is 11.6 Å². The monoisotopic (exact) mass is 414 g/mol. The SMILES string of the molecule is O=C(Nc1ccc(N2CCN(Cc3cccs3)CC2)nc1)c1ccc(F)cc1F. The van der Waals surface area contributed by atoms with Gasteiger partial charge in [-0.05, 0) is 35.7 Å². The van der Waals surface area contributed by atoms with Crippen LogP contribution >= 0.6 is 11.3 Å². The lowest BCUT2D eigenvalue weighted by Crippen LogP contribution is -2.46. The van der Waals surface area contributed by atoms with Crippen LogP contribution in [0.1, 0.15) is 15.2 Å². The number of nitrogens with zero attached hydrogens (tertiary/aromatic N) is 3. The van der Waals surface area contributed by atoms with Crippen molar-refractivity contribution in [2.24, 2.45) is 0 Å². The number of thiophene rings is 1. The molecule has 0 radical (unpaired) electrons. The van der Waals surface area contributed by atoms with Gasteiger partial charge < -0.3 is 10.2 Å². The zero-order valence-electron chi connectivity index (χ0n) is 15.6. The van der Waals surface area contributed by atoms with Gasteiger partial charge in [0.1, 0.15) is 17.5 Å². The number of carbonyl (C=O) groups excluding carboxylic acids is 1. The molecule has 1 amide bonds. The van der Waals surface area contributed by atoms with E-state index in [1.54, 1.807) is 23.6 Å². The highest BCUT2D eigenvalue weighted by atomic mass is 32.1. The minimum absolute atomic E-state index is 0.211. The fourth-order valence-corrected chi connectivity index (χ4v) is 4.02. The van der Waals surface area contributed by atoms with E-state index in [0.29, 0.717) is 11.8 Å². The molecule has 1 N–H and O–H groups in total. The van der Waals surface area contributed by atoms with Gasteiger partial charge in [-0.3, -0.25) is 9.69 Å². The van der Waals surface area contributed by atoms with E-state index in [9.17, 15) is 13.6 Å². The molecule has 0 unspecified atom stereocenters. The molecular weight excluding hydrogens is 394 g/mol. The molecule has 1 aliphatic rings. The number of hydrogen-bond acceptors (Lipinski definition) is 5. The molecule has 1 saturated heterocycles. The maximum absolute atomic E-state index is 13.7. The first-order chi connectivity index (χ1) is 14.1. The van der Waals surface area contributed by atoms with Gasteiger partial charge in [0.2, 0.25) is 0 Å². The standard InChI is InChI=1S/C21H20F2N4OS/c22-15-3-5-18(19(23)12-15)21(28)25-16-4-6-20(24-13-16)27-9-7-26(8-10-27)14-17-2-1-11-29-17/h1-6,11-13H,7-10,14H2,(H,25,28). The van der Waals surface area contributed by atoms with Crippen LogP contribution < -0.4 is 10.2 Å². The van der Waals surface area contributed by atoms with E-state index < -0.39 is 17.5 Å². The number of benzene rings is 1. The highest BCUT2D eigenvalue weighted by Crippen LogP contribution is 2.19. The van der Waals surface area contributed by atoms with Gasteiger partial charge in [0, 0.05) is 43.7 Å². The number of halogens is 2. The van der Waals surface area contributed by atoms with E-state index in [1.165, 1.54) is 4.88 Å². The second kappa shape index (κ2) is 8.67. The Labute approximate surface area is 171 Å². The number of anilines is 2. The van der Waals surface area contributed by atoms with E-state index >= 15 is 0 Å². The largest absolute Gasteiger partial charge is 0.354 e. The third-order valence-electron chi connectivity index (χ3n) is 4.84. The fourth-order valence-electron chi connectivity index (χ4n) is 3.28. The first kappa shape index (κ1) is 19.5. The molecule has 0 saturated carbocycles. The van der Waals surface area contributed by atoms with Crippen LogP contribution in [0.3, 0.4) is 0 Å². The zero-order chi connectivity index (χ0) is 20.2. The second-order valence-corrected chi connectivity index (χ2v) is 7.86. The van der Waals surface area contributed by atoms with Crippen LogP contribution in [0.4, 0.5) is 20.3 Å². The third-order valence-corrected chi connectivity index (χ3v) is 5.70. The first-order valence-corrected chi connectivity index (χ1v) is 10.2. The number of aromatic nitrogens is 1. The summed E-state index contributed by atoms with van der Waals surface area (Å²) in [5.41, 5.74) is 0.246. The third kappa shape index (κ3) is 4.78. The normalized spacial score (nSPS) is 14.8.